The van der Waals surface area contributed by atoms with Crippen LogP contribution in [0.1, 0.15) is 11.1 Å². The molecule has 1 aliphatic carbocycles. The fourth-order valence-corrected chi connectivity index (χ4v) is 3.33. The second-order valence-electron chi connectivity index (χ2n) is 6.09. The molecule has 0 saturated carbocycles. The van der Waals surface area contributed by atoms with E-state index in [1.54, 1.807) is 13.3 Å². The van der Waals surface area contributed by atoms with Crippen LogP contribution in [0.5, 0.6) is 5.75 Å². The standard InChI is InChI=1S/C19H15N5O2/c1-25-12-6-8-13-11(10-12)5-7-14-16(13)22-23-17(14)19-21-18(24-26-19)15-4-2-3-9-20-15/h2-4,6,8-10H,5,7H2,1H3,(H,22,23). The summed E-state index contributed by atoms with van der Waals surface area (Å²) >= 11 is 0. The monoisotopic (exact) mass is 345 g/mol. The van der Waals surface area contributed by atoms with E-state index in [1.165, 1.54) is 5.56 Å². The molecule has 0 fully saturated rings. The fraction of sp³-hybridized carbons (Fsp3) is 0.158. The molecule has 0 bridgehead atoms. The maximum Gasteiger partial charge on any atom is 0.276 e. The summed E-state index contributed by atoms with van der Waals surface area (Å²) in [6.45, 7) is 0. The molecule has 3 heterocycles. The van der Waals surface area contributed by atoms with Crippen molar-refractivity contribution < 1.29 is 9.26 Å². The SMILES string of the molecule is COc1ccc2c(c1)CCc1c-2n[nH]c1-c1nc(-c2ccccn2)no1. The Kier molecular flexibility index (Phi) is 3.31. The number of aromatic amines is 1. The van der Waals surface area contributed by atoms with Gasteiger partial charge in [-0.25, -0.2) is 0 Å². The quantitative estimate of drug-likeness (QED) is 0.613. The average Bonchev–Trinajstić information content (AvgIpc) is 3.35. The van der Waals surface area contributed by atoms with Gasteiger partial charge in [-0.15, -0.1) is 0 Å². The molecular weight excluding hydrogens is 330 g/mol. The molecule has 1 N–H and O–H groups in total. The fourth-order valence-electron chi connectivity index (χ4n) is 3.33. The van der Waals surface area contributed by atoms with Gasteiger partial charge in [-0.05, 0) is 48.7 Å². The molecule has 5 rings (SSSR count). The number of aromatic nitrogens is 5. The molecule has 7 nitrogen and oxygen atoms in total. The topological polar surface area (TPSA) is 89.7 Å². The minimum absolute atomic E-state index is 0.427. The lowest BCUT2D eigenvalue weighted by molar-refractivity contribution is 0.414. The second kappa shape index (κ2) is 5.80. The molecule has 0 unspecified atom stereocenters. The van der Waals surface area contributed by atoms with Gasteiger partial charge in [0, 0.05) is 17.3 Å². The van der Waals surface area contributed by atoms with Crippen LogP contribution < -0.4 is 4.74 Å². The Morgan fingerprint density at radius 1 is 1.15 bits per heavy atom. The lowest BCUT2D eigenvalue weighted by Crippen LogP contribution is -2.04. The first-order chi connectivity index (χ1) is 12.8. The number of aryl methyl sites for hydroxylation is 1. The third-order valence-electron chi connectivity index (χ3n) is 4.61. The first-order valence-electron chi connectivity index (χ1n) is 8.33. The zero-order chi connectivity index (χ0) is 17.5. The van der Waals surface area contributed by atoms with Crippen LogP contribution in [-0.4, -0.2) is 32.4 Å². The van der Waals surface area contributed by atoms with Crippen LogP contribution in [0.25, 0.3) is 34.4 Å². The van der Waals surface area contributed by atoms with Crippen LogP contribution in [0.4, 0.5) is 0 Å². The maximum absolute atomic E-state index is 5.46. The highest BCUT2D eigenvalue weighted by Gasteiger charge is 2.26. The average molecular weight is 345 g/mol. The van der Waals surface area contributed by atoms with Gasteiger partial charge < -0.3 is 9.26 Å². The number of H-pyrrole nitrogens is 1. The smallest absolute Gasteiger partial charge is 0.276 e. The third kappa shape index (κ3) is 2.28. The first kappa shape index (κ1) is 14.8. The van der Waals surface area contributed by atoms with Crippen LogP contribution in [0.3, 0.4) is 0 Å². The van der Waals surface area contributed by atoms with Crippen molar-refractivity contribution in [1.29, 1.82) is 0 Å². The van der Waals surface area contributed by atoms with E-state index < -0.39 is 0 Å². The van der Waals surface area contributed by atoms with Gasteiger partial charge in [0.15, 0.2) is 0 Å². The van der Waals surface area contributed by atoms with E-state index in [9.17, 15) is 0 Å². The Hall–Kier alpha value is -3.48. The molecule has 0 aliphatic heterocycles. The Labute approximate surface area is 149 Å². The normalized spacial score (nSPS) is 12.5. The molecule has 1 aromatic carbocycles. The van der Waals surface area contributed by atoms with Gasteiger partial charge in [-0.3, -0.25) is 10.1 Å². The van der Waals surface area contributed by atoms with E-state index in [2.05, 4.69) is 31.4 Å². The number of rotatable bonds is 3. The molecule has 7 heteroatoms. The van der Waals surface area contributed by atoms with Gasteiger partial charge >= 0.3 is 0 Å². The van der Waals surface area contributed by atoms with Crippen LogP contribution >= 0.6 is 0 Å². The van der Waals surface area contributed by atoms with Crippen molar-refractivity contribution in [3.05, 3.63) is 53.7 Å². The van der Waals surface area contributed by atoms with Crippen molar-refractivity contribution in [3.8, 4) is 40.1 Å². The summed E-state index contributed by atoms with van der Waals surface area (Å²) < 4.78 is 10.8. The molecule has 0 spiro atoms. The van der Waals surface area contributed by atoms with Crippen LogP contribution in [-0.2, 0) is 12.8 Å². The van der Waals surface area contributed by atoms with E-state index in [4.69, 9.17) is 9.26 Å². The summed E-state index contributed by atoms with van der Waals surface area (Å²) in [5.41, 5.74) is 5.82. The van der Waals surface area contributed by atoms with Crippen LogP contribution in [0.15, 0.2) is 47.1 Å². The van der Waals surface area contributed by atoms with Crippen LogP contribution in [0, 0.1) is 0 Å². The molecule has 0 amide bonds. The summed E-state index contributed by atoms with van der Waals surface area (Å²) in [6, 6.07) is 11.7. The van der Waals surface area contributed by atoms with E-state index in [1.807, 2.05) is 30.3 Å². The number of fused-ring (bicyclic) bond motifs is 3. The zero-order valence-corrected chi connectivity index (χ0v) is 14.1. The van der Waals surface area contributed by atoms with Crippen molar-refractivity contribution in [3.63, 3.8) is 0 Å². The lowest BCUT2D eigenvalue weighted by atomic mass is 9.89. The van der Waals surface area contributed by atoms with Crippen molar-refractivity contribution >= 4 is 0 Å². The van der Waals surface area contributed by atoms with Crippen molar-refractivity contribution in [2.75, 3.05) is 7.11 Å². The van der Waals surface area contributed by atoms with Gasteiger partial charge in [0.25, 0.3) is 5.89 Å². The number of ether oxygens (including phenoxy) is 1. The van der Waals surface area contributed by atoms with E-state index in [-0.39, 0.29) is 0 Å². The number of benzene rings is 1. The second-order valence-corrected chi connectivity index (χ2v) is 6.09. The highest BCUT2D eigenvalue weighted by molar-refractivity contribution is 5.76. The highest BCUT2D eigenvalue weighted by Crippen LogP contribution is 2.38. The maximum atomic E-state index is 5.46. The molecule has 4 aromatic rings. The molecule has 128 valence electrons. The van der Waals surface area contributed by atoms with Gasteiger partial charge in [0.2, 0.25) is 5.82 Å². The zero-order valence-electron chi connectivity index (χ0n) is 14.1. The minimum Gasteiger partial charge on any atom is -0.497 e. The van der Waals surface area contributed by atoms with E-state index >= 15 is 0 Å². The predicted octanol–water partition coefficient (Wildman–Crippen LogP) is 3.30. The van der Waals surface area contributed by atoms with Gasteiger partial charge in [-0.2, -0.15) is 10.1 Å². The number of hydrogen-bond donors (Lipinski definition) is 1. The molecule has 0 saturated heterocycles. The number of hydrogen-bond acceptors (Lipinski definition) is 6. The molecule has 1 aliphatic rings. The number of methoxy groups -OCH3 is 1. The van der Waals surface area contributed by atoms with Crippen LogP contribution in [0.2, 0.25) is 0 Å². The number of pyridine rings is 1. The molecule has 0 radical (unpaired) electrons. The van der Waals surface area contributed by atoms with E-state index in [0.717, 1.165) is 41.1 Å². The minimum atomic E-state index is 0.427. The van der Waals surface area contributed by atoms with Crippen molar-refractivity contribution in [1.82, 2.24) is 25.3 Å². The third-order valence-corrected chi connectivity index (χ3v) is 4.61. The Morgan fingerprint density at radius 2 is 2.12 bits per heavy atom. The number of nitrogens with zero attached hydrogens (tertiary/aromatic N) is 4. The molecule has 3 aromatic heterocycles. The van der Waals surface area contributed by atoms with Crippen molar-refractivity contribution in [2.45, 2.75) is 12.8 Å². The molecule has 26 heavy (non-hydrogen) atoms. The summed E-state index contributed by atoms with van der Waals surface area (Å²) in [6.07, 6.45) is 3.46. The molecule has 0 atom stereocenters. The Morgan fingerprint density at radius 3 is 2.96 bits per heavy atom. The Balaban J connectivity index is 1.55. The van der Waals surface area contributed by atoms with E-state index in [0.29, 0.717) is 17.4 Å². The Bertz CT molecular complexity index is 1080. The molecular formula is C19H15N5O2. The summed E-state index contributed by atoms with van der Waals surface area (Å²) in [5.74, 6) is 1.75. The predicted molar refractivity (Wildman–Crippen MR) is 94.5 cm³/mol. The van der Waals surface area contributed by atoms with Crippen molar-refractivity contribution in [2.24, 2.45) is 0 Å². The number of nitrogens with one attached hydrogen (secondary N) is 1. The van der Waals surface area contributed by atoms with Gasteiger partial charge in [0.1, 0.15) is 17.1 Å². The summed E-state index contributed by atoms with van der Waals surface area (Å²) in [5, 5.41) is 11.6. The summed E-state index contributed by atoms with van der Waals surface area (Å²) in [4.78, 5) is 8.74. The van der Waals surface area contributed by atoms with Gasteiger partial charge in [0.05, 0.1) is 12.8 Å². The lowest BCUT2D eigenvalue weighted by Gasteiger charge is -2.16. The van der Waals surface area contributed by atoms with Gasteiger partial charge in [-0.1, -0.05) is 11.2 Å². The summed E-state index contributed by atoms with van der Waals surface area (Å²) in [7, 11) is 1.68. The first-order valence-corrected chi connectivity index (χ1v) is 8.33. The largest absolute Gasteiger partial charge is 0.497 e. The highest BCUT2D eigenvalue weighted by atomic mass is 16.5.